The number of nitrogens with one attached hydrogen (secondary N) is 4. The van der Waals surface area contributed by atoms with Gasteiger partial charge in [-0.3, -0.25) is 9.59 Å². The summed E-state index contributed by atoms with van der Waals surface area (Å²) in [6, 6.07) is 5.64. The highest BCUT2D eigenvalue weighted by atomic mass is 32.2. The van der Waals surface area contributed by atoms with Crippen LogP contribution in [-0.4, -0.2) is 109 Å². The monoisotopic (exact) mass is 851 g/mol. The molecule has 0 spiro atoms. The third-order valence-corrected chi connectivity index (χ3v) is 13.7. The van der Waals surface area contributed by atoms with Crippen molar-refractivity contribution in [2.75, 3.05) is 43.1 Å². The molecule has 2 amide bonds. The van der Waals surface area contributed by atoms with Gasteiger partial charge in [0.05, 0.1) is 35.5 Å². The zero-order chi connectivity index (χ0) is 41.8. The average molecular weight is 852 g/mol. The number of carbonyl (C=O) groups excluding carboxylic acids is 2. The average Bonchev–Trinajstić information content (AvgIpc) is 4.03. The van der Waals surface area contributed by atoms with E-state index in [0.717, 1.165) is 79.9 Å². The molecule has 2 aliphatic rings. The molecule has 15 nitrogen and oxygen atoms in total. The lowest BCUT2D eigenvalue weighted by Gasteiger charge is -2.37. The molecule has 0 bridgehead atoms. The van der Waals surface area contributed by atoms with Gasteiger partial charge in [0, 0.05) is 85.6 Å². The molecule has 2 fully saturated rings. The number of H-pyrrole nitrogens is 2. The maximum atomic E-state index is 12.4. The van der Waals surface area contributed by atoms with Crippen molar-refractivity contribution in [3.8, 4) is 46.5 Å². The van der Waals surface area contributed by atoms with Crippen LogP contribution in [0.2, 0.25) is 0 Å². The predicted molar refractivity (Wildman–Crippen MR) is 232 cm³/mol. The smallest absolute Gasteiger partial charge is 0.234 e. The van der Waals surface area contributed by atoms with E-state index in [-0.39, 0.29) is 40.9 Å². The van der Waals surface area contributed by atoms with Crippen molar-refractivity contribution in [2.45, 2.75) is 62.7 Å². The molecule has 0 saturated carbocycles. The Morgan fingerprint density at radius 3 is 1.85 bits per heavy atom. The maximum Gasteiger partial charge on any atom is 0.234 e. The van der Waals surface area contributed by atoms with E-state index in [4.69, 9.17) is 12.8 Å². The third kappa shape index (κ3) is 9.41. The van der Waals surface area contributed by atoms with E-state index in [1.54, 1.807) is 23.6 Å². The second-order valence-corrected chi connectivity index (χ2v) is 19.5. The summed E-state index contributed by atoms with van der Waals surface area (Å²) in [5.41, 5.74) is 5.53. The van der Waals surface area contributed by atoms with E-state index in [0.29, 0.717) is 42.8 Å². The first-order valence-corrected chi connectivity index (χ1v) is 22.6. The molecule has 6 aromatic heterocycles. The van der Waals surface area contributed by atoms with Crippen molar-refractivity contribution in [3.05, 3.63) is 48.0 Å². The van der Waals surface area contributed by atoms with Crippen molar-refractivity contribution in [1.29, 1.82) is 0 Å². The molecular weight excluding hydrogens is 807 g/mol. The summed E-state index contributed by atoms with van der Waals surface area (Å²) in [6.45, 7) is 8.83. The first-order valence-electron chi connectivity index (χ1n) is 19.2. The summed E-state index contributed by atoms with van der Waals surface area (Å²) < 4.78 is 28.4. The van der Waals surface area contributed by atoms with Gasteiger partial charge >= 0.3 is 0 Å². The maximum absolute atomic E-state index is 12.4. The fourth-order valence-corrected chi connectivity index (χ4v) is 9.97. The highest BCUT2D eigenvalue weighted by Crippen LogP contribution is 2.38. The van der Waals surface area contributed by atoms with Gasteiger partial charge in [0.15, 0.2) is 14.8 Å². The number of hydrogen-bond acceptors (Lipinski definition) is 13. The molecule has 18 heteroatoms. The van der Waals surface area contributed by atoms with E-state index in [1.165, 1.54) is 6.26 Å². The van der Waals surface area contributed by atoms with Crippen LogP contribution in [0, 0.1) is 43.4 Å². The van der Waals surface area contributed by atoms with Gasteiger partial charge in [0.2, 0.25) is 11.8 Å². The minimum absolute atomic E-state index is 0.0118. The number of piperidine rings is 2. The summed E-state index contributed by atoms with van der Waals surface area (Å²) in [6.07, 6.45) is 21.1. The Labute approximate surface area is 350 Å². The first-order chi connectivity index (χ1) is 28.3. The lowest BCUT2D eigenvalue weighted by Crippen LogP contribution is -2.48. The Morgan fingerprint density at radius 2 is 1.37 bits per heavy atom. The SMILES string of the molecule is C#CCC(=O)N1C[C@@H](C)C[C@@H](Nc2c(-c3cc(S(C)(=O)=O)sn3)cnc3[nH]ccc23)C1.C#CCC(=O)N1C[C@@H](C)C[C@@H](Nc2c(-c3nnc(C)s3)cnc3[nH]ccc23)C1. The molecular formula is C41H45N11O4S3. The third-order valence-electron chi connectivity index (χ3n) is 10.3. The van der Waals surface area contributed by atoms with Crippen molar-refractivity contribution < 1.29 is 18.0 Å². The Bertz CT molecular complexity index is 2690. The van der Waals surface area contributed by atoms with Crippen LogP contribution >= 0.6 is 22.9 Å². The predicted octanol–water partition coefficient (Wildman–Crippen LogP) is 5.82. The minimum Gasteiger partial charge on any atom is -0.379 e. The molecule has 6 aromatic rings. The largest absolute Gasteiger partial charge is 0.379 e. The summed E-state index contributed by atoms with van der Waals surface area (Å²) in [5, 5.41) is 19.4. The van der Waals surface area contributed by atoms with Crippen LogP contribution in [0.3, 0.4) is 0 Å². The molecule has 4 atom stereocenters. The highest BCUT2D eigenvalue weighted by Gasteiger charge is 2.30. The van der Waals surface area contributed by atoms with Crippen LogP contribution in [-0.2, 0) is 19.4 Å². The molecule has 306 valence electrons. The van der Waals surface area contributed by atoms with Crippen LogP contribution in [0.15, 0.2) is 47.2 Å². The second kappa shape index (κ2) is 17.6. The van der Waals surface area contributed by atoms with E-state index < -0.39 is 9.84 Å². The second-order valence-electron chi connectivity index (χ2n) is 15.2. The van der Waals surface area contributed by atoms with E-state index in [1.807, 2.05) is 47.4 Å². The van der Waals surface area contributed by atoms with E-state index in [2.05, 4.69) is 70.8 Å². The number of hydrogen-bond donors (Lipinski definition) is 4. The molecule has 2 aliphatic heterocycles. The Hall–Kier alpha value is -5.82. The van der Waals surface area contributed by atoms with Gasteiger partial charge in [0.25, 0.3) is 0 Å². The molecule has 0 radical (unpaired) electrons. The normalized spacial score (nSPS) is 19.4. The number of terminal acetylenes is 2. The number of nitrogens with zero attached hydrogens (tertiary/aromatic N) is 7. The van der Waals surface area contributed by atoms with Gasteiger partial charge in [-0.1, -0.05) is 37.0 Å². The number of amides is 2. The van der Waals surface area contributed by atoms with Gasteiger partial charge in [-0.25, -0.2) is 18.4 Å². The minimum atomic E-state index is -3.34. The molecule has 59 heavy (non-hydrogen) atoms. The Balaban J connectivity index is 0.000000180. The molecule has 8 heterocycles. The van der Waals surface area contributed by atoms with E-state index in [9.17, 15) is 18.0 Å². The summed E-state index contributed by atoms with van der Waals surface area (Å²) in [5.74, 6) is 5.57. The number of rotatable bonds is 9. The molecule has 0 aliphatic carbocycles. The number of sulfone groups is 1. The number of carbonyl (C=O) groups is 2. The molecule has 0 aromatic carbocycles. The Kier molecular flexibility index (Phi) is 12.3. The zero-order valence-corrected chi connectivity index (χ0v) is 35.6. The van der Waals surface area contributed by atoms with Crippen molar-refractivity contribution in [3.63, 3.8) is 0 Å². The number of anilines is 2. The summed E-state index contributed by atoms with van der Waals surface area (Å²) in [7, 11) is -3.34. The van der Waals surface area contributed by atoms with Gasteiger partial charge in [-0.2, -0.15) is 4.37 Å². The van der Waals surface area contributed by atoms with Crippen molar-refractivity contribution in [2.24, 2.45) is 11.8 Å². The number of pyridine rings is 2. The number of aromatic nitrogens is 7. The van der Waals surface area contributed by atoms with Crippen molar-refractivity contribution in [1.82, 2.24) is 44.3 Å². The van der Waals surface area contributed by atoms with Crippen LogP contribution in [0.5, 0.6) is 0 Å². The van der Waals surface area contributed by atoms with Gasteiger partial charge in [-0.15, -0.1) is 23.0 Å². The zero-order valence-electron chi connectivity index (χ0n) is 33.2. The quantitative estimate of drug-likeness (QED) is 0.128. The van der Waals surface area contributed by atoms with Gasteiger partial charge in [-0.05, 0) is 61.3 Å². The van der Waals surface area contributed by atoms with Crippen LogP contribution < -0.4 is 10.6 Å². The highest BCUT2D eigenvalue weighted by molar-refractivity contribution is 7.92. The fourth-order valence-electron chi connectivity index (χ4n) is 7.77. The summed E-state index contributed by atoms with van der Waals surface area (Å²) in [4.78, 5) is 43.6. The first kappa shape index (κ1) is 41.3. The lowest BCUT2D eigenvalue weighted by atomic mass is 9.95. The molecule has 0 unspecified atom stereocenters. The topological polar surface area (TPSA) is 195 Å². The fraction of sp³-hybridized carbons (Fsp3) is 0.390. The summed E-state index contributed by atoms with van der Waals surface area (Å²) >= 11 is 2.49. The van der Waals surface area contributed by atoms with E-state index >= 15 is 0 Å². The number of aryl methyl sites for hydroxylation is 1. The number of aromatic amines is 2. The van der Waals surface area contributed by atoms with Crippen LogP contribution in [0.4, 0.5) is 11.4 Å². The standard InChI is InChI=1S/C21H23N5O3S2.C20H22N6OS/c1-4-5-18(27)26-11-13(2)8-14(12-26)24-20-15-6-7-22-21(15)23-10-16(20)17-9-19(30-25-17)31(3,28)29;1-4-5-17(27)26-10-12(2)8-14(11-26)23-18-15-6-7-21-19(15)22-9-16(18)20-25-24-13(3)28-20/h1,6-7,9-10,13-14H,5,8,11-12H2,2-3H3,(H2,22,23,24);1,6-7,9,12,14H,5,8,10-11H2,2-3H3,(H2,21,22,23)/t13-,14+;12-,14+/m00/s1. The molecule has 4 N–H and O–H groups in total. The molecule has 8 rings (SSSR count). The van der Waals surface area contributed by atoms with Crippen molar-refractivity contribution >= 4 is 78.0 Å². The number of fused-ring (bicyclic) bond motifs is 2. The van der Waals surface area contributed by atoms with Crippen LogP contribution in [0.1, 0.15) is 44.5 Å². The number of likely N-dealkylation sites (tertiary alicyclic amines) is 2. The van der Waals surface area contributed by atoms with Gasteiger partial charge < -0.3 is 30.4 Å². The Morgan fingerprint density at radius 1 is 0.847 bits per heavy atom. The van der Waals surface area contributed by atoms with Gasteiger partial charge in [0.1, 0.15) is 20.5 Å². The van der Waals surface area contributed by atoms with Crippen LogP contribution in [0.25, 0.3) is 43.9 Å². The molecule has 2 saturated heterocycles. The lowest BCUT2D eigenvalue weighted by molar-refractivity contribution is -0.132.